The molecule has 6 heteroatoms. The third-order valence-electron chi connectivity index (χ3n) is 7.09. The first-order valence-electron chi connectivity index (χ1n) is 11.3. The molecule has 3 unspecified atom stereocenters. The van der Waals surface area contributed by atoms with Crippen molar-refractivity contribution in [1.29, 1.82) is 0 Å². The predicted molar refractivity (Wildman–Crippen MR) is 121 cm³/mol. The van der Waals surface area contributed by atoms with Crippen LogP contribution in [-0.4, -0.2) is 34.3 Å². The Bertz CT molecular complexity index is 989. The van der Waals surface area contributed by atoms with Crippen molar-refractivity contribution < 1.29 is 19.4 Å². The van der Waals surface area contributed by atoms with Crippen LogP contribution in [0, 0.1) is 11.2 Å². The zero-order chi connectivity index (χ0) is 22.9. The summed E-state index contributed by atoms with van der Waals surface area (Å²) in [6.45, 7) is 1.94. The van der Waals surface area contributed by atoms with Gasteiger partial charge < -0.3 is 15.1 Å². The number of hydrogen-bond donors (Lipinski definition) is 3. The van der Waals surface area contributed by atoms with E-state index in [1.54, 1.807) is 29.2 Å². The number of carbonyl (C=O) groups is 1. The molecule has 3 N–H and O–H groups in total. The number of nitrogens with zero attached hydrogens (tertiary/aromatic N) is 1. The number of carbonyl (C=O) groups excluding carboxylic acids is 1. The second-order valence-electron chi connectivity index (χ2n) is 9.08. The summed E-state index contributed by atoms with van der Waals surface area (Å²) >= 11 is 0. The van der Waals surface area contributed by atoms with Crippen LogP contribution in [0.5, 0.6) is 5.75 Å². The average Bonchev–Trinajstić information content (AvgIpc) is 2.76. The van der Waals surface area contributed by atoms with E-state index < -0.39 is 11.6 Å². The fourth-order valence-electron chi connectivity index (χ4n) is 5.32. The van der Waals surface area contributed by atoms with E-state index in [9.17, 15) is 19.4 Å². The lowest BCUT2D eigenvalue weighted by atomic mass is 9.62. The highest BCUT2D eigenvalue weighted by Gasteiger charge is 2.58. The lowest BCUT2D eigenvalue weighted by molar-refractivity contribution is -0.172. The lowest BCUT2D eigenvalue weighted by Crippen LogP contribution is -2.61. The molecule has 0 aromatic heterocycles. The number of phenolic OH excluding ortho intramolecular Hbond substituents is 1. The third kappa shape index (κ3) is 4.17. The molecule has 4 rings (SSSR count). The van der Waals surface area contributed by atoms with Crippen LogP contribution in [-0.2, 0) is 4.79 Å². The minimum atomic E-state index is -0.828. The number of amides is 1. The van der Waals surface area contributed by atoms with Crippen LogP contribution in [0.3, 0.4) is 0 Å². The SMILES string of the molecule is C[C@H](NC(O)/C1=C/CCCC2(CC1)C(=O)N(C)C2c1ccc(O)cc1)c1ccc(F)cc1. The maximum Gasteiger partial charge on any atom is 0.231 e. The standard InChI is InChI=1S/C26H31FN2O3/c1-17(18-6-10-21(27)11-7-18)28-24(31)20-5-3-4-15-26(16-14-20)23(29(2)25(26)32)19-8-12-22(30)13-9-19/h5-13,17,23-24,28,30-31H,3-4,14-16H2,1-2H3/b20-5+/t17-,23?,24?,26?/m0/s1. The highest BCUT2D eigenvalue weighted by atomic mass is 19.1. The number of aliphatic hydroxyl groups is 1. The van der Waals surface area contributed by atoms with Gasteiger partial charge in [-0.25, -0.2) is 4.39 Å². The second-order valence-corrected chi connectivity index (χ2v) is 9.08. The van der Waals surface area contributed by atoms with Crippen molar-refractivity contribution in [3.05, 3.63) is 77.1 Å². The molecule has 1 amide bonds. The van der Waals surface area contributed by atoms with E-state index in [4.69, 9.17) is 0 Å². The summed E-state index contributed by atoms with van der Waals surface area (Å²) in [4.78, 5) is 14.9. The smallest absolute Gasteiger partial charge is 0.231 e. The van der Waals surface area contributed by atoms with Crippen LogP contribution in [0.2, 0.25) is 0 Å². The van der Waals surface area contributed by atoms with Gasteiger partial charge >= 0.3 is 0 Å². The van der Waals surface area contributed by atoms with Crippen LogP contribution < -0.4 is 5.32 Å². The number of phenols is 1. The predicted octanol–water partition coefficient (Wildman–Crippen LogP) is 4.59. The molecule has 2 aromatic rings. The van der Waals surface area contributed by atoms with E-state index in [0.29, 0.717) is 12.8 Å². The number of likely N-dealkylation sites (tertiary alicyclic amines) is 1. The summed E-state index contributed by atoms with van der Waals surface area (Å²) in [6.07, 6.45) is 5.03. The highest BCUT2D eigenvalue weighted by Crippen LogP contribution is 2.56. The molecular weight excluding hydrogens is 407 g/mol. The summed E-state index contributed by atoms with van der Waals surface area (Å²) in [7, 11) is 1.83. The van der Waals surface area contributed by atoms with Crippen LogP contribution in [0.1, 0.15) is 62.2 Å². The van der Waals surface area contributed by atoms with Crippen LogP contribution >= 0.6 is 0 Å². The van der Waals surface area contributed by atoms with Crippen molar-refractivity contribution in [3.63, 3.8) is 0 Å². The minimum Gasteiger partial charge on any atom is -0.508 e. The molecule has 0 saturated carbocycles. The van der Waals surface area contributed by atoms with Crippen LogP contribution in [0.25, 0.3) is 0 Å². The van der Waals surface area contributed by atoms with E-state index in [-0.39, 0.29) is 29.6 Å². The summed E-state index contributed by atoms with van der Waals surface area (Å²) in [6, 6.07) is 13.2. The van der Waals surface area contributed by atoms with Crippen molar-refractivity contribution >= 4 is 5.91 Å². The van der Waals surface area contributed by atoms with E-state index in [0.717, 1.165) is 36.0 Å². The Kier molecular flexibility index (Phi) is 6.35. The molecule has 1 spiro atoms. The van der Waals surface area contributed by atoms with E-state index in [1.165, 1.54) is 12.1 Å². The van der Waals surface area contributed by atoms with E-state index in [2.05, 4.69) is 11.4 Å². The van der Waals surface area contributed by atoms with Gasteiger partial charge in [0.1, 0.15) is 17.8 Å². The van der Waals surface area contributed by atoms with E-state index in [1.807, 2.05) is 26.1 Å². The maximum absolute atomic E-state index is 13.2. The first-order chi connectivity index (χ1) is 15.3. The number of aliphatic hydroxyl groups excluding tert-OH is 1. The van der Waals surface area contributed by atoms with Crippen molar-refractivity contribution in [3.8, 4) is 5.75 Å². The largest absolute Gasteiger partial charge is 0.508 e. The molecule has 0 radical (unpaired) electrons. The van der Waals surface area contributed by atoms with Gasteiger partial charge in [0, 0.05) is 13.1 Å². The van der Waals surface area contributed by atoms with Crippen molar-refractivity contribution in [2.75, 3.05) is 7.05 Å². The number of halogens is 1. The summed E-state index contributed by atoms with van der Waals surface area (Å²) in [5.74, 6) is 0.0789. The van der Waals surface area contributed by atoms with Gasteiger partial charge in [0.15, 0.2) is 0 Å². The number of allylic oxidation sites excluding steroid dienone is 1. The normalized spacial score (nSPS) is 27.1. The Morgan fingerprint density at radius 1 is 1.12 bits per heavy atom. The Balaban J connectivity index is 1.48. The molecule has 1 fully saturated rings. The number of aromatic hydroxyl groups is 1. The van der Waals surface area contributed by atoms with Gasteiger partial charge in [0.05, 0.1) is 11.5 Å². The molecular formula is C26H31FN2O3. The number of β-lactam (4-membered cyclic amide) rings is 1. The van der Waals surface area contributed by atoms with Crippen molar-refractivity contribution in [2.24, 2.45) is 5.41 Å². The molecule has 32 heavy (non-hydrogen) atoms. The number of benzene rings is 2. The number of rotatable bonds is 5. The zero-order valence-electron chi connectivity index (χ0n) is 18.6. The summed E-state index contributed by atoms with van der Waals surface area (Å²) in [5.41, 5.74) is 2.34. The van der Waals surface area contributed by atoms with Gasteiger partial charge in [-0.15, -0.1) is 0 Å². The molecule has 2 aliphatic rings. The van der Waals surface area contributed by atoms with Crippen molar-refractivity contribution in [2.45, 2.75) is 57.3 Å². The molecule has 1 aliphatic carbocycles. The van der Waals surface area contributed by atoms with Gasteiger partial charge in [-0.2, -0.15) is 0 Å². The summed E-state index contributed by atoms with van der Waals surface area (Å²) < 4.78 is 13.2. The van der Waals surface area contributed by atoms with Crippen molar-refractivity contribution in [1.82, 2.24) is 10.2 Å². The Labute approximate surface area is 188 Å². The Morgan fingerprint density at radius 2 is 1.81 bits per heavy atom. The quantitative estimate of drug-likeness (QED) is 0.363. The fraction of sp³-hybridized carbons (Fsp3) is 0.423. The molecule has 5 nitrogen and oxygen atoms in total. The molecule has 4 atom stereocenters. The van der Waals surface area contributed by atoms with Gasteiger partial charge in [-0.1, -0.05) is 30.3 Å². The van der Waals surface area contributed by atoms with E-state index >= 15 is 0 Å². The van der Waals surface area contributed by atoms with Gasteiger partial charge in [-0.3, -0.25) is 10.1 Å². The molecule has 2 aromatic carbocycles. The lowest BCUT2D eigenvalue weighted by Gasteiger charge is -2.56. The first kappa shape index (κ1) is 22.5. The molecule has 1 saturated heterocycles. The third-order valence-corrected chi connectivity index (χ3v) is 7.09. The monoisotopic (exact) mass is 438 g/mol. The Morgan fingerprint density at radius 3 is 2.50 bits per heavy atom. The highest BCUT2D eigenvalue weighted by molar-refractivity contribution is 5.90. The first-order valence-corrected chi connectivity index (χ1v) is 11.3. The molecule has 170 valence electrons. The minimum absolute atomic E-state index is 0.0295. The van der Waals surface area contributed by atoms with Crippen LogP contribution in [0.15, 0.2) is 60.2 Å². The molecule has 0 bridgehead atoms. The summed E-state index contributed by atoms with van der Waals surface area (Å²) in [5, 5.41) is 23.8. The topological polar surface area (TPSA) is 72.8 Å². The maximum atomic E-state index is 13.2. The molecule has 1 aliphatic heterocycles. The number of nitrogens with one attached hydrogen (secondary N) is 1. The van der Waals surface area contributed by atoms with Gasteiger partial charge in [-0.05, 0) is 80.0 Å². The van der Waals surface area contributed by atoms with Gasteiger partial charge in [0.2, 0.25) is 5.91 Å². The number of hydrogen-bond acceptors (Lipinski definition) is 4. The second kappa shape index (κ2) is 9.04. The fourth-order valence-corrected chi connectivity index (χ4v) is 5.32. The zero-order valence-corrected chi connectivity index (χ0v) is 18.6. The van der Waals surface area contributed by atoms with Gasteiger partial charge in [0.25, 0.3) is 0 Å². The Hall–Kier alpha value is -2.70. The van der Waals surface area contributed by atoms with Crippen LogP contribution in [0.4, 0.5) is 4.39 Å². The molecule has 1 heterocycles. The average molecular weight is 439 g/mol.